The van der Waals surface area contributed by atoms with E-state index in [4.69, 9.17) is 5.73 Å². The molecule has 88 valence electrons. The van der Waals surface area contributed by atoms with Crippen LogP contribution in [-0.4, -0.2) is 15.9 Å². The fourth-order valence-corrected chi connectivity index (χ4v) is 2.92. The molecule has 5 heteroatoms. The van der Waals surface area contributed by atoms with Gasteiger partial charge in [0.1, 0.15) is 9.71 Å². The maximum absolute atomic E-state index is 11.5. The zero-order chi connectivity index (χ0) is 12.5. The molecule has 0 fully saturated rings. The molecule has 3 heterocycles. The molecule has 0 aliphatic carbocycles. The number of nitrogens with zero attached hydrogens (tertiary/aromatic N) is 2. The molecule has 1 amide bonds. The zero-order valence-electron chi connectivity index (χ0n) is 9.33. The first kappa shape index (κ1) is 10.9. The molecular weight excluding hydrogens is 246 g/mol. The van der Waals surface area contributed by atoms with Crippen molar-refractivity contribution in [3.63, 3.8) is 0 Å². The smallest absolute Gasteiger partial charge is 0.259 e. The average Bonchev–Trinajstić information content (AvgIpc) is 2.79. The minimum absolute atomic E-state index is 0.433. The summed E-state index contributed by atoms with van der Waals surface area (Å²) >= 11 is 1.31. The number of fused-ring (bicyclic) bond motifs is 1. The Morgan fingerprint density at radius 1 is 1.22 bits per heavy atom. The van der Waals surface area contributed by atoms with Gasteiger partial charge >= 0.3 is 0 Å². The Balaban J connectivity index is 2.38. The van der Waals surface area contributed by atoms with Gasteiger partial charge in [0.05, 0.1) is 0 Å². The van der Waals surface area contributed by atoms with Gasteiger partial charge in [0.2, 0.25) is 0 Å². The lowest BCUT2D eigenvalue weighted by Crippen LogP contribution is -2.09. The quantitative estimate of drug-likeness (QED) is 0.764. The molecule has 0 saturated heterocycles. The number of carbonyl (C=O) groups is 1. The Morgan fingerprint density at radius 3 is 2.78 bits per heavy atom. The van der Waals surface area contributed by atoms with Gasteiger partial charge in [0.15, 0.2) is 0 Å². The first-order valence-electron chi connectivity index (χ1n) is 5.35. The van der Waals surface area contributed by atoms with E-state index in [1.807, 2.05) is 24.3 Å². The molecule has 3 rings (SSSR count). The van der Waals surface area contributed by atoms with E-state index in [9.17, 15) is 4.79 Å². The van der Waals surface area contributed by atoms with Crippen LogP contribution in [0.1, 0.15) is 9.67 Å². The highest BCUT2D eigenvalue weighted by Gasteiger charge is 2.18. The molecule has 0 unspecified atom stereocenters. The Hall–Kier alpha value is -2.27. The van der Waals surface area contributed by atoms with Crippen molar-refractivity contribution in [1.29, 1.82) is 0 Å². The summed E-state index contributed by atoms with van der Waals surface area (Å²) in [6, 6.07) is 7.53. The van der Waals surface area contributed by atoms with Crippen LogP contribution in [0.3, 0.4) is 0 Å². The van der Waals surface area contributed by atoms with Crippen LogP contribution in [-0.2, 0) is 0 Å². The number of thiophene rings is 1. The number of nitrogens with two attached hydrogens (primary N) is 1. The minimum atomic E-state index is -0.433. The number of aromatic nitrogens is 2. The predicted molar refractivity (Wildman–Crippen MR) is 71.4 cm³/mol. The second-order valence-electron chi connectivity index (χ2n) is 3.77. The van der Waals surface area contributed by atoms with Gasteiger partial charge in [-0.15, -0.1) is 11.3 Å². The van der Waals surface area contributed by atoms with Crippen LogP contribution in [0.4, 0.5) is 0 Å². The Labute approximate surface area is 107 Å². The van der Waals surface area contributed by atoms with Crippen LogP contribution >= 0.6 is 11.3 Å². The van der Waals surface area contributed by atoms with Crippen molar-refractivity contribution in [2.75, 3.05) is 0 Å². The summed E-state index contributed by atoms with van der Waals surface area (Å²) in [6.07, 6.45) is 5.12. The number of pyridine rings is 2. The predicted octanol–water partition coefficient (Wildman–Crippen LogP) is 2.46. The van der Waals surface area contributed by atoms with E-state index in [-0.39, 0.29) is 0 Å². The Bertz CT molecular complexity index is 721. The fourth-order valence-electron chi connectivity index (χ4n) is 1.90. The molecule has 2 N–H and O–H groups in total. The van der Waals surface area contributed by atoms with E-state index in [1.165, 1.54) is 11.3 Å². The zero-order valence-corrected chi connectivity index (χ0v) is 10.1. The van der Waals surface area contributed by atoms with E-state index in [0.717, 1.165) is 21.3 Å². The number of hydrogen-bond donors (Lipinski definition) is 1. The van der Waals surface area contributed by atoms with Gasteiger partial charge < -0.3 is 5.73 Å². The summed E-state index contributed by atoms with van der Waals surface area (Å²) in [6.45, 7) is 0. The molecule has 0 aromatic carbocycles. The van der Waals surface area contributed by atoms with Crippen LogP contribution < -0.4 is 5.73 Å². The second-order valence-corrected chi connectivity index (χ2v) is 4.77. The summed E-state index contributed by atoms with van der Waals surface area (Å²) in [7, 11) is 0. The summed E-state index contributed by atoms with van der Waals surface area (Å²) in [5, 5.41) is 0.935. The number of hydrogen-bond acceptors (Lipinski definition) is 4. The Kier molecular flexibility index (Phi) is 2.53. The van der Waals surface area contributed by atoms with E-state index < -0.39 is 5.91 Å². The summed E-state index contributed by atoms with van der Waals surface area (Å²) in [5.74, 6) is -0.433. The Morgan fingerprint density at radius 2 is 2.06 bits per heavy atom. The third-order valence-corrected chi connectivity index (χ3v) is 3.77. The molecule has 3 aromatic rings. The maximum Gasteiger partial charge on any atom is 0.259 e. The summed E-state index contributed by atoms with van der Waals surface area (Å²) in [5.41, 5.74) is 7.14. The van der Waals surface area contributed by atoms with Crippen LogP contribution in [0, 0.1) is 0 Å². The van der Waals surface area contributed by atoms with Gasteiger partial charge in [-0.2, -0.15) is 0 Å². The van der Waals surface area contributed by atoms with E-state index in [1.54, 1.807) is 18.6 Å². The van der Waals surface area contributed by atoms with Crippen molar-refractivity contribution in [3.05, 3.63) is 47.7 Å². The molecule has 0 aliphatic heterocycles. The lowest BCUT2D eigenvalue weighted by atomic mass is 10.0. The van der Waals surface area contributed by atoms with Gasteiger partial charge in [0.25, 0.3) is 5.91 Å². The van der Waals surface area contributed by atoms with Crippen molar-refractivity contribution in [3.8, 4) is 11.1 Å². The van der Waals surface area contributed by atoms with E-state index >= 15 is 0 Å². The number of primary amides is 1. The highest BCUT2D eigenvalue weighted by atomic mass is 32.1. The third kappa shape index (κ3) is 1.65. The van der Waals surface area contributed by atoms with Crippen molar-refractivity contribution in [1.82, 2.24) is 9.97 Å². The first-order chi connectivity index (χ1) is 8.77. The van der Waals surface area contributed by atoms with Crippen molar-refractivity contribution in [2.45, 2.75) is 0 Å². The van der Waals surface area contributed by atoms with Crippen molar-refractivity contribution >= 4 is 27.5 Å². The van der Waals surface area contributed by atoms with Crippen LogP contribution in [0.5, 0.6) is 0 Å². The van der Waals surface area contributed by atoms with Gasteiger partial charge in [0, 0.05) is 35.1 Å². The number of amides is 1. The monoisotopic (exact) mass is 255 g/mol. The molecular formula is C13H9N3OS. The molecule has 0 saturated carbocycles. The minimum Gasteiger partial charge on any atom is -0.365 e. The molecule has 0 aliphatic rings. The third-order valence-electron chi connectivity index (χ3n) is 2.64. The molecule has 4 nitrogen and oxygen atoms in total. The maximum atomic E-state index is 11.5. The summed E-state index contributed by atoms with van der Waals surface area (Å²) in [4.78, 5) is 21.2. The van der Waals surface area contributed by atoms with Crippen molar-refractivity contribution < 1.29 is 4.79 Å². The van der Waals surface area contributed by atoms with Gasteiger partial charge in [-0.25, -0.2) is 4.98 Å². The fraction of sp³-hybridized carbons (Fsp3) is 0. The highest BCUT2D eigenvalue weighted by molar-refractivity contribution is 7.21. The van der Waals surface area contributed by atoms with E-state index in [0.29, 0.717) is 4.88 Å². The molecule has 0 spiro atoms. The average molecular weight is 255 g/mol. The molecule has 0 bridgehead atoms. The van der Waals surface area contributed by atoms with Gasteiger partial charge in [-0.3, -0.25) is 9.78 Å². The lowest BCUT2D eigenvalue weighted by molar-refractivity contribution is 0.100. The largest absolute Gasteiger partial charge is 0.365 e. The van der Waals surface area contributed by atoms with Crippen LogP contribution in [0.2, 0.25) is 0 Å². The van der Waals surface area contributed by atoms with Gasteiger partial charge in [-0.1, -0.05) is 6.07 Å². The van der Waals surface area contributed by atoms with Crippen LogP contribution in [0.15, 0.2) is 42.9 Å². The first-order valence-corrected chi connectivity index (χ1v) is 6.17. The number of rotatable bonds is 2. The normalized spacial score (nSPS) is 10.7. The van der Waals surface area contributed by atoms with Gasteiger partial charge in [-0.05, 0) is 18.2 Å². The van der Waals surface area contributed by atoms with Crippen molar-refractivity contribution in [2.24, 2.45) is 5.73 Å². The highest BCUT2D eigenvalue weighted by Crippen LogP contribution is 2.36. The molecule has 0 radical (unpaired) electrons. The van der Waals surface area contributed by atoms with E-state index in [2.05, 4.69) is 9.97 Å². The summed E-state index contributed by atoms with van der Waals surface area (Å²) < 4.78 is 0. The number of carbonyl (C=O) groups excluding carboxylic acids is 1. The molecule has 3 aromatic heterocycles. The molecule has 18 heavy (non-hydrogen) atoms. The lowest BCUT2D eigenvalue weighted by Gasteiger charge is -2.01. The van der Waals surface area contributed by atoms with Crippen LogP contribution in [0.25, 0.3) is 21.3 Å². The second kappa shape index (κ2) is 4.19. The topological polar surface area (TPSA) is 68.9 Å². The standard InChI is InChI=1S/C13H9N3OS/c14-12(17)11-10(8-3-1-5-15-7-8)9-4-2-6-16-13(9)18-11/h1-7H,(H2,14,17). The SMILES string of the molecule is NC(=O)c1sc2ncccc2c1-c1cccnc1. The molecule has 0 atom stereocenters.